The number of methoxy groups -OCH3 is 2. The summed E-state index contributed by atoms with van der Waals surface area (Å²) in [5.74, 6) is -0.0594. The molecule has 1 fully saturated rings. The number of aliphatic carboxylic acids is 1. The summed E-state index contributed by atoms with van der Waals surface area (Å²) in [7, 11) is 3.04. The normalized spacial score (nSPS) is 13.9. The first-order chi connectivity index (χ1) is 12.4. The van der Waals surface area contributed by atoms with Crippen molar-refractivity contribution in [1.82, 2.24) is 15.1 Å². The lowest BCUT2D eigenvalue weighted by atomic mass is 10.1. The number of benzene rings is 1. The Labute approximate surface area is 151 Å². The van der Waals surface area contributed by atoms with Crippen LogP contribution >= 0.6 is 0 Å². The second-order valence-corrected chi connectivity index (χ2v) is 5.76. The predicted molar refractivity (Wildman–Crippen MR) is 92.7 cm³/mol. The third-order valence-corrected chi connectivity index (χ3v) is 4.07. The summed E-state index contributed by atoms with van der Waals surface area (Å²) in [5, 5.41) is 11.1. The van der Waals surface area contributed by atoms with Crippen LogP contribution in [0.5, 0.6) is 11.5 Å². The Hall–Kier alpha value is -2.97. The number of urea groups is 1. The Morgan fingerprint density at radius 1 is 1.00 bits per heavy atom. The SMILES string of the molecule is COc1cc(OC)cc(C(=O)N2CCN(C(=O)NCCC(=O)O)CC2)c1. The maximum atomic E-state index is 12.7. The maximum Gasteiger partial charge on any atom is 0.317 e. The number of carboxylic acids is 1. The molecule has 0 unspecified atom stereocenters. The zero-order valence-electron chi connectivity index (χ0n) is 14.9. The van der Waals surface area contributed by atoms with Crippen LogP contribution in [0.3, 0.4) is 0 Å². The number of hydrogen-bond donors (Lipinski definition) is 2. The number of rotatable bonds is 6. The van der Waals surface area contributed by atoms with Gasteiger partial charge >= 0.3 is 12.0 Å². The number of piperazine rings is 1. The number of ether oxygens (including phenoxy) is 2. The lowest BCUT2D eigenvalue weighted by Gasteiger charge is -2.34. The standard InChI is InChI=1S/C17H23N3O6/c1-25-13-9-12(10-14(11-13)26-2)16(23)19-5-7-20(8-6-19)17(24)18-4-3-15(21)22/h9-11H,3-8H2,1-2H3,(H,18,24)(H,21,22). The Balaban J connectivity index is 1.92. The van der Waals surface area contributed by atoms with Gasteiger partial charge < -0.3 is 29.7 Å². The molecular formula is C17H23N3O6. The van der Waals surface area contributed by atoms with Crippen LogP contribution in [0.15, 0.2) is 18.2 Å². The first kappa shape index (κ1) is 19.4. The van der Waals surface area contributed by atoms with Crippen molar-refractivity contribution in [1.29, 1.82) is 0 Å². The molecule has 0 aliphatic carbocycles. The number of nitrogens with one attached hydrogen (secondary N) is 1. The smallest absolute Gasteiger partial charge is 0.317 e. The van der Waals surface area contributed by atoms with E-state index in [1.807, 2.05) is 0 Å². The first-order valence-electron chi connectivity index (χ1n) is 8.21. The number of amides is 3. The number of carbonyl (C=O) groups is 3. The minimum atomic E-state index is -0.963. The monoisotopic (exact) mass is 365 g/mol. The molecule has 2 N–H and O–H groups in total. The molecule has 1 aromatic carbocycles. The minimum absolute atomic E-state index is 0.0803. The second-order valence-electron chi connectivity index (χ2n) is 5.76. The van der Waals surface area contributed by atoms with Crippen LogP contribution < -0.4 is 14.8 Å². The highest BCUT2D eigenvalue weighted by atomic mass is 16.5. The maximum absolute atomic E-state index is 12.7. The molecule has 3 amide bonds. The van der Waals surface area contributed by atoms with Gasteiger partial charge in [-0.2, -0.15) is 0 Å². The summed E-state index contributed by atoms with van der Waals surface area (Å²) in [6.07, 6.45) is -0.123. The topological polar surface area (TPSA) is 108 Å². The fraction of sp³-hybridized carbons (Fsp3) is 0.471. The average molecular weight is 365 g/mol. The summed E-state index contributed by atoms with van der Waals surface area (Å²) in [6, 6.07) is 4.67. The van der Waals surface area contributed by atoms with Crippen molar-refractivity contribution in [3.63, 3.8) is 0 Å². The summed E-state index contributed by atoms with van der Waals surface area (Å²) in [4.78, 5) is 38.4. The van der Waals surface area contributed by atoms with E-state index >= 15 is 0 Å². The largest absolute Gasteiger partial charge is 0.497 e. The van der Waals surface area contributed by atoms with E-state index in [0.717, 1.165) is 0 Å². The van der Waals surface area contributed by atoms with E-state index in [-0.39, 0.29) is 24.9 Å². The molecule has 9 nitrogen and oxygen atoms in total. The van der Waals surface area contributed by atoms with Crippen molar-refractivity contribution < 1.29 is 29.0 Å². The van der Waals surface area contributed by atoms with Gasteiger partial charge in [-0.1, -0.05) is 0 Å². The molecule has 1 aromatic rings. The molecule has 26 heavy (non-hydrogen) atoms. The van der Waals surface area contributed by atoms with Gasteiger partial charge in [-0.15, -0.1) is 0 Å². The Morgan fingerprint density at radius 3 is 2.04 bits per heavy atom. The highest BCUT2D eigenvalue weighted by Crippen LogP contribution is 2.23. The van der Waals surface area contributed by atoms with Crippen molar-refractivity contribution >= 4 is 17.9 Å². The third kappa shape index (κ3) is 5.01. The van der Waals surface area contributed by atoms with Gasteiger partial charge in [-0.05, 0) is 12.1 Å². The van der Waals surface area contributed by atoms with Gasteiger partial charge in [-0.3, -0.25) is 9.59 Å². The number of carbonyl (C=O) groups excluding carboxylic acids is 2. The second kappa shape index (κ2) is 8.93. The van der Waals surface area contributed by atoms with Crippen LogP contribution in [0, 0.1) is 0 Å². The zero-order valence-corrected chi connectivity index (χ0v) is 14.9. The van der Waals surface area contributed by atoms with Crippen molar-refractivity contribution in [2.24, 2.45) is 0 Å². The van der Waals surface area contributed by atoms with Crippen molar-refractivity contribution in [2.45, 2.75) is 6.42 Å². The highest BCUT2D eigenvalue weighted by molar-refractivity contribution is 5.95. The molecule has 0 aromatic heterocycles. The van der Waals surface area contributed by atoms with Crippen molar-refractivity contribution in [3.8, 4) is 11.5 Å². The molecule has 1 aliphatic heterocycles. The summed E-state index contributed by atoms with van der Waals surface area (Å²) in [6.45, 7) is 1.63. The number of carboxylic acid groups (broad SMARTS) is 1. The fourth-order valence-corrected chi connectivity index (χ4v) is 2.61. The first-order valence-corrected chi connectivity index (χ1v) is 8.21. The molecule has 142 valence electrons. The van der Waals surface area contributed by atoms with Crippen molar-refractivity contribution in [3.05, 3.63) is 23.8 Å². The highest BCUT2D eigenvalue weighted by Gasteiger charge is 2.25. The Morgan fingerprint density at radius 2 is 1.54 bits per heavy atom. The van der Waals surface area contributed by atoms with Gasteiger partial charge in [0, 0.05) is 44.4 Å². The molecule has 9 heteroatoms. The minimum Gasteiger partial charge on any atom is -0.497 e. The molecule has 0 bridgehead atoms. The van der Waals surface area contributed by atoms with Gasteiger partial charge in [0.1, 0.15) is 11.5 Å². The van der Waals surface area contributed by atoms with Crippen LogP contribution in [0.1, 0.15) is 16.8 Å². The molecule has 0 spiro atoms. The van der Waals surface area contributed by atoms with Gasteiger partial charge in [0.25, 0.3) is 5.91 Å². The van der Waals surface area contributed by atoms with E-state index in [4.69, 9.17) is 14.6 Å². The average Bonchev–Trinajstić information content (AvgIpc) is 2.66. The Bertz CT molecular complexity index is 648. The van der Waals surface area contributed by atoms with Gasteiger partial charge in [0.05, 0.1) is 20.6 Å². The van der Waals surface area contributed by atoms with E-state index < -0.39 is 5.97 Å². The molecule has 0 atom stereocenters. The van der Waals surface area contributed by atoms with E-state index in [9.17, 15) is 14.4 Å². The molecule has 0 saturated carbocycles. The Kier molecular flexibility index (Phi) is 6.65. The van der Waals surface area contributed by atoms with Gasteiger partial charge in [0.15, 0.2) is 0 Å². The fourth-order valence-electron chi connectivity index (χ4n) is 2.61. The summed E-state index contributed by atoms with van der Waals surface area (Å²) < 4.78 is 10.4. The molecule has 2 rings (SSSR count). The molecular weight excluding hydrogens is 342 g/mol. The van der Waals surface area contributed by atoms with Crippen molar-refractivity contribution in [2.75, 3.05) is 46.9 Å². The lowest BCUT2D eigenvalue weighted by molar-refractivity contribution is -0.136. The van der Waals surface area contributed by atoms with Crippen LogP contribution in [-0.4, -0.2) is 79.8 Å². The molecule has 1 aliphatic rings. The van der Waals surface area contributed by atoms with Crippen LogP contribution in [0.2, 0.25) is 0 Å². The van der Waals surface area contributed by atoms with Gasteiger partial charge in [0.2, 0.25) is 0 Å². The molecule has 0 radical (unpaired) electrons. The summed E-state index contributed by atoms with van der Waals surface area (Å²) >= 11 is 0. The van der Waals surface area contributed by atoms with Crippen LogP contribution in [0.4, 0.5) is 4.79 Å². The zero-order chi connectivity index (χ0) is 19.1. The van der Waals surface area contributed by atoms with E-state index in [1.165, 1.54) is 14.2 Å². The predicted octanol–water partition coefficient (Wildman–Crippen LogP) is 0.646. The summed E-state index contributed by atoms with van der Waals surface area (Å²) in [5.41, 5.74) is 0.459. The van der Waals surface area contributed by atoms with Gasteiger partial charge in [-0.25, -0.2) is 4.79 Å². The van der Waals surface area contributed by atoms with Crippen LogP contribution in [0.25, 0.3) is 0 Å². The molecule has 1 saturated heterocycles. The third-order valence-electron chi connectivity index (χ3n) is 4.07. The molecule has 1 heterocycles. The quantitative estimate of drug-likeness (QED) is 0.766. The van der Waals surface area contributed by atoms with E-state index in [0.29, 0.717) is 43.2 Å². The van der Waals surface area contributed by atoms with Crippen LogP contribution in [-0.2, 0) is 4.79 Å². The van der Waals surface area contributed by atoms with E-state index in [1.54, 1.807) is 28.0 Å². The number of nitrogens with zero attached hydrogens (tertiary/aromatic N) is 2. The van der Waals surface area contributed by atoms with E-state index in [2.05, 4.69) is 5.32 Å². The lowest BCUT2D eigenvalue weighted by Crippen LogP contribution is -2.53. The number of hydrogen-bond acceptors (Lipinski definition) is 5.